The van der Waals surface area contributed by atoms with Crippen molar-refractivity contribution < 1.29 is 19.1 Å². The molecule has 6 nitrogen and oxygen atoms in total. The summed E-state index contributed by atoms with van der Waals surface area (Å²) in [5, 5.41) is 6.01. The normalized spacial score (nSPS) is 17.1. The van der Waals surface area contributed by atoms with Crippen molar-refractivity contribution >= 4 is 30.0 Å². The number of benzene rings is 1. The second-order valence-corrected chi connectivity index (χ2v) is 4.94. The third kappa shape index (κ3) is 4.35. The Morgan fingerprint density at radius 3 is 2.68 bits per heavy atom. The minimum absolute atomic E-state index is 0. The Morgan fingerprint density at radius 1 is 1.32 bits per heavy atom. The van der Waals surface area contributed by atoms with E-state index >= 15 is 0 Å². The van der Waals surface area contributed by atoms with Crippen LogP contribution in [0.25, 0.3) is 0 Å². The molecule has 22 heavy (non-hydrogen) atoms. The van der Waals surface area contributed by atoms with Crippen molar-refractivity contribution in [2.24, 2.45) is 5.92 Å². The lowest BCUT2D eigenvalue weighted by molar-refractivity contribution is -0.120. The molecule has 2 rings (SSSR count). The molecule has 1 unspecified atom stereocenters. The summed E-state index contributed by atoms with van der Waals surface area (Å²) >= 11 is 0. The largest absolute Gasteiger partial charge is 0.497 e. The van der Waals surface area contributed by atoms with Crippen molar-refractivity contribution in [2.45, 2.75) is 12.8 Å². The quantitative estimate of drug-likeness (QED) is 0.825. The first-order chi connectivity index (χ1) is 10.2. The molecule has 0 aliphatic carbocycles. The summed E-state index contributed by atoms with van der Waals surface area (Å²) in [7, 11) is 2.82. The standard InChI is InChI=1S/C15H20N2O4.ClH/c1-20-11-5-6-13(12(8-11)15(19)21-2)17-14(18)10-4-3-7-16-9-10;/h5-6,8,10,16H,3-4,7,9H2,1-2H3,(H,17,18);1H. The number of hydrogen-bond acceptors (Lipinski definition) is 5. The number of methoxy groups -OCH3 is 2. The van der Waals surface area contributed by atoms with Crippen molar-refractivity contribution in [3.63, 3.8) is 0 Å². The second-order valence-electron chi connectivity index (χ2n) is 4.94. The topological polar surface area (TPSA) is 76.7 Å². The van der Waals surface area contributed by atoms with Gasteiger partial charge in [-0.05, 0) is 37.6 Å². The van der Waals surface area contributed by atoms with Crippen molar-refractivity contribution in [3.05, 3.63) is 23.8 Å². The smallest absolute Gasteiger partial charge is 0.340 e. The predicted octanol–water partition coefficient (Wildman–Crippen LogP) is 1.84. The fourth-order valence-electron chi connectivity index (χ4n) is 2.35. The van der Waals surface area contributed by atoms with Gasteiger partial charge in [0.2, 0.25) is 5.91 Å². The third-order valence-corrected chi connectivity index (χ3v) is 3.56. The SMILES string of the molecule is COC(=O)c1cc(OC)ccc1NC(=O)C1CCCNC1.Cl. The van der Waals surface area contributed by atoms with E-state index in [4.69, 9.17) is 9.47 Å². The molecule has 1 aliphatic rings. The summed E-state index contributed by atoms with van der Waals surface area (Å²) in [5.74, 6) is -0.137. The van der Waals surface area contributed by atoms with Crippen LogP contribution in [0.4, 0.5) is 5.69 Å². The highest BCUT2D eigenvalue weighted by molar-refractivity contribution is 6.02. The van der Waals surface area contributed by atoms with Crippen LogP contribution in [0.5, 0.6) is 5.75 Å². The fraction of sp³-hybridized carbons (Fsp3) is 0.467. The number of halogens is 1. The summed E-state index contributed by atoms with van der Waals surface area (Å²) in [6, 6.07) is 4.90. The summed E-state index contributed by atoms with van der Waals surface area (Å²) in [6.07, 6.45) is 1.83. The van der Waals surface area contributed by atoms with Crippen LogP contribution >= 0.6 is 12.4 Å². The minimum Gasteiger partial charge on any atom is -0.497 e. The van der Waals surface area contributed by atoms with Crippen LogP contribution in [0, 0.1) is 5.92 Å². The van der Waals surface area contributed by atoms with Gasteiger partial charge in [-0.3, -0.25) is 4.79 Å². The van der Waals surface area contributed by atoms with E-state index < -0.39 is 5.97 Å². The summed E-state index contributed by atoms with van der Waals surface area (Å²) in [6.45, 7) is 1.61. The Kier molecular flexibility index (Phi) is 7.14. The monoisotopic (exact) mass is 328 g/mol. The Bertz CT molecular complexity index is 530. The van der Waals surface area contributed by atoms with Gasteiger partial charge in [0.1, 0.15) is 5.75 Å². The maximum atomic E-state index is 12.3. The minimum atomic E-state index is -0.508. The Hall–Kier alpha value is -1.79. The zero-order chi connectivity index (χ0) is 15.2. The van der Waals surface area contributed by atoms with E-state index in [0.29, 0.717) is 18.0 Å². The number of carbonyl (C=O) groups excluding carboxylic acids is 2. The maximum Gasteiger partial charge on any atom is 0.340 e. The van der Waals surface area contributed by atoms with E-state index in [0.717, 1.165) is 19.4 Å². The molecule has 1 amide bonds. The first-order valence-electron chi connectivity index (χ1n) is 6.93. The molecule has 1 aromatic rings. The average Bonchev–Trinajstić information content (AvgIpc) is 2.55. The molecule has 7 heteroatoms. The maximum absolute atomic E-state index is 12.3. The number of rotatable bonds is 4. The highest BCUT2D eigenvalue weighted by atomic mass is 35.5. The van der Waals surface area contributed by atoms with Gasteiger partial charge in [0, 0.05) is 6.54 Å². The van der Waals surface area contributed by atoms with Crippen LogP contribution in [0.2, 0.25) is 0 Å². The van der Waals surface area contributed by atoms with Gasteiger partial charge in [0.05, 0.1) is 31.4 Å². The van der Waals surface area contributed by atoms with Gasteiger partial charge in [-0.1, -0.05) is 0 Å². The van der Waals surface area contributed by atoms with Crippen LogP contribution in [-0.2, 0) is 9.53 Å². The van der Waals surface area contributed by atoms with Crippen LogP contribution < -0.4 is 15.4 Å². The molecule has 1 atom stereocenters. The molecule has 0 spiro atoms. The van der Waals surface area contributed by atoms with Gasteiger partial charge in [0.15, 0.2) is 0 Å². The van der Waals surface area contributed by atoms with Gasteiger partial charge in [-0.25, -0.2) is 4.79 Å². The number of nitrogens with one attached hydrogen (secondary N) is 2. The molecule has 1 saturated heterocycles. The van der Waals surface area contributed by atoms with Gasteiger partial charge in [-0.2, -0.15) is 0 Å². The van der Waals surface area contributed by atoms with E-state index in [1.165, 1.54) is 14.2 Å². The Morgan fingerprint density at radius 2 is 2.09 bits per heavy atom. The molecule has 0 saturated carbocycles. The molecule has 0 aromatic heterocycles. The first-order valence-corrected chi connectivity index (χ1v) is 6.93. The van der Waals surface area contributed by atoms with Crippen molar-refractivity contribution in [2.75, 3.05) is 32.6 Å². The first kappa shape index (κ1) is 18.3. The third-order valence-electron chi connectivity index (χ3n) is 3.56. The van der Waals surface area contributed by atoms with Crippen LogP contribution in [0.3, 0.4) is 0 Å². The molecule has 2 N–H and O–H groups in total. The van der Waals surface area contributed by atoms with Gasteiger partial charge in [0.25, 0.3) is 0 Å². The lowest BCUT2D eigenvalue weighted by Crippen LogP contribution is -2.37. The van der Waals surface area contributed by atoms with E-state index in [9.17, 15) is 9.59 Å². The average molecular weight is 329 g/mol. The van der Waals surface area contributed by atoms with Crippen LogP contribution in [-0.4, -0.2) is 39.2 Å². The van der Waals surface area contributed by atoms with Gasteiger partial charge >= 0.3 is 5.97 Å². The second kappa shape index (κ2) is 8.60. The summed E-state index contributed by atoms with van der Waals surface area (Å²) < 4.78 is 9.84. The molecular formula is C15H21ClN2O4. The lowest BCUT2D eigenvalue weighted by atomic mass is 9.98. The number of carbonyl (C=O) groups is 2. The fourth-order valence-corrected chi connectivity index (χ4v) is 2.35. The molecule has 1 aromatic carbocycles. The number of hydrogen-bond donors (Lipinski definition) is 2. The highest BCUT2D eigenvalue weighted by Gasteiger charge is 2.23. The molecule has 122 valence electrons. The van der Waals surface area contributed by atoms with E-state index in [1.807, 2.05) is 0 Å². The van der Waals surface area contributed by atoms with Crippen molar-refractivity contribution in [3.8, 4) is 5.75 Å². The molecule has 1 heterocycles. The molecule has 1 aliphatic heterocycles. The number of ether oxygens (including phenoxy) is 2. The van der Waals surface area contributed by atoms with E-state index in [2.05, 4.69) is 10.6 Å². The van der Waals surface area contributed by atoms with Crippen LogP contribution in [0.15, 0.2) is 18.2 Å². The number of piperidine rings is 1. The summed E-state index contributed by atoms with van der Waals surface area (Å²) in [5.41, 5.74) is 0.729. The number of amides is 1. The predicted molar refractivity (Wildman–Crippen MR) is 85.8 cm³/mol. The zero-order valence-corrected chi connectivity index (χ0v) is 13.5. The van der Waals surface area contributed by atoms with Crippen molar-refractivity contribution in [1.29, 1.82) is 0 Å². The van der Waals surface area contributed by atoms with Crippen LogP contribution in [0.1, 0.15) is 23.2 Å². The Labute approximate surface area is 136 Å². The number of esters is 1. The Balaban J connectivity index is 0.00000242. The van der Waals surface area contributed by atoms with Gasteiger partial charge in [-0.15, -0.1) is 12.4 Å². The summed E-state index contributed by atoms with van der Waals surface area (Å²) in [4.78, 5) is 24.1. The molecule has 0 bridgehead atoms. The van der Waals surface area contributed by atoms with E-state index in [-0.39, 0.29) is 29.8 Å². The molecular weight excluding hydrogens is 308 g/mol. The molecule has 1 fully saturated rings. The van der Waals surface area contributed by atoms with Crippen molar-refractivity contribution in [1.82, 2.24) is 5.32 Å². The van der Waals surface area contributed by atoms with Gasteiger partial charge < -0.3 is 20.1 Å². The lowest BCUT2D eigenvalue weighted by Gasteiger charge is -2.22. The zero-order valence-electron chi connectivity index (χ0n) is 12.7. The van der Waals surface area contributed by atoms with E-state index in [1.54, 1.807) is 18.2 Å². The highest BCUT2D eigenvalue weighted by Crippen LogP contribution is 2.24. The molecule has 0 radical (unpaired) electrons. The number of anilines is 1.